The summed E-state index contributed by atoms with van der Waals surface area (Å²) in [6, 6.07) is 6.94. The van der Waals surface area contributed by atoms with Crippen molar-refractivity contribution in [3.8, 4) is 0 Å². The van der Waals surface area contributed by atoms with Crippen molar-refractivity contribution in [3.63, 3.8) is 0 Å². The fourth-order valence-electron chi connectivity index (χ4n) is 2.65. The SMILES string of the molecule is O=C(CN1CCC[C@@H]1C(=O)NCC(F)(F)F)NC(=O)Nc1ccccc1. The van der Waals surface area contributed by atoms with E-state index in [4.69, 9.17) is 0 Å². The van der Waals surface area contributed by atoms with Crippen molar-refractivity contribution in [2.45, 2.75) is 25.1 Å². The number of nitrogens with zero attached hydrogens (tertiary/aromatic N) is 1. The first-order valence-electron chi connectivity index (χ1n) is 7.99. The number of nitrogens with one attached hydrogen (secondary N) is 3. The average molecular weight is 372 g/mol. The maximum Gasteiger partial charge on any atom is 0.405 e. The summed E-state index contributed by atoms with van der Waals surface area (Å²) in [5.41, 5.74) is 0.503. The van der Waals surface area contributed by atoms with Crippen LogP contribution in [0.5, 0.6) is 0 Å². The van der Waals surface area contributed by atoms with Gasteiger partial charge in [0.2, 0.25) is 11.8 Å². The number of benzene rings is 1. The number of imide groups is 1. The van der Waals surface area contributed by atoms with E-state index in [0.717, 1.165) is 0 Å². The summed E-state index contributed by atoms with van der Waals surface area (Å²) in [6.07, 6.45) is -3.56. The first kappa shape index (κ1) is 19.7. The monoisotopic (exact) mass is 372 g/mol. The second-order valence-corrected chi connectivity index (χ2v) is 5.83. The van der Waals surface area contributed by atoms with E-state index in [2.05, 4.69) is 10.6 Å². The zero-order chi connectivity index (χ0) is 19.2. The predicted molar refractivity (Wildman–Crippen MR) is 87.3 cm³/mol. The molecule has 1 aliphatic heterocycles. The molecular weight excluding hydrogens is 353 g/mol. The Bertz CT molecular complexity index is 652. The van der Waals surface area contributed by atoms with Crippen LogP contribution >= 0.6 is 0 Å². The van der Waals surface area contributed by atoms with E-state index in [1.165, 1.54) is 4.90 Å². The summed E-state index contributed by atoms with van der Waals surface area (Å²) in [4.78, 5) is 37.1. The number of rotatable bonds is 5. The summed E-state index contributed by atoms with van der Waals surface area (Å²) in [5, 5.41) is 6.43. The van der Waals surface area contributed by atoms with E-state index >= 15 is 0 Å². The third kappa shape index (κ3) is 6.36. The van der Waals surface area contributed by atoms with E-state index in [-0.39, 0.29) is 6.54 Å². The summed E-state index contributed by atoms with van der Waals surface area (Å²) in [6.45, 7) is -1.29. The minimum absolute atomic E-state index is 0.258. The number of anilines is 1. The number of urea groups is 1. The number of hydrogen-bond acceptors (Lipinski definition) is 4. The number of carbonyl (C=O) groups excluding carboxylic acids is 3. The summed E-state index contributed by atoms with van der Waals surface area (Å²) in [7, 11) is 0. The molecule has 142 valence electrons. The van der Waals surface area contributed by atoms with Gasteiger partial charge in [-0.05, 0) is 31.5 Å². The molecule has 0 radical (unpaired) electrons. The quantitative estimate of drug-likeness (QED) is 0.730. The van der Waals surface area contributed by atoms with E-state index in [9.17, 15) is 27.6 Å². The molecule has 1 heterocycles. The molecule has 1 atom stereocenters. The third-order valence-electron chi connectivity index (χ3n) is 3.76. The molecule has 0 spiro atoms. The summed E-state index contributed by atoms with van der Waals surface area (Å²) >= 11 is 0. The van der Waals surface area contributed by atoms with Crippen LogP contribution in [0.2, 0.25) is 0 Å². The molecule has 1 aromatic rings. The summed E-state index contributed by atoms with van der Waals surface area (Å²) in [5.74, 6) is -1.42. The zero-order valence-corrected chi connectivity index (χ0v) is 13.8. The Balaban J connectivity index is 1.81. The molecule has 1 aromatic carbocycles. The Labute approximate surface area is 147 Å². The van der Waals surface area contributed by atoms with Crippen molar-refractivity contribution in [3.05, 3.63) is 30.3 Å². The molecule has 0 saturated carbocycles. The fourth-order valence-corrected chi connectivity index (χ4v) is 2.65. The Morgan fingerprint density at radius 1 is 1.15 bits per heavy atom. The lowest BCUT2D eigenvalue weighted by atomic mass is 10.2. The average Bonchev–Trinajstić information content (AvgIpc) is 3.00. The molecule has 0 aromatic heterocycles. The Morgan fingerprint density at radius 3 is 2.50 bits per heavy atom. The number of halogens is 3. The molecule has 4 amide bonds. The van der Waals surface area contributed by atoms with Crippen LogP contribution < -0.4 is 16.0 Å². The Morgan fingerprint density at radius 2 is 1.85 bits per heavy atom. The molecular formula is C16H19F3N4O3. The number of amides is 4. The molecule has 0 unspecified atom stereocenters. The molecule has 0 bridgehead atoms. The highest BCUT2D eigenvalue weighted by molar-refractivity contribution is 6.01. The van der Waals surface area contributed by atoms with Gasteiger partial charge in [0.05, 0.1) is 12.6 Å². The minimum atomic E-state index is -4.49. The van der Waals surface area contributed by atoms with Gasteiger partial charge in [-0.15, -0.1) is 0 Å². The topological polar surface area (TPSA) is 90.5 Å². The van der Waals surface area contributed by atoms with Crippen LogP contribution in [0, 0.1) is 0 Å². The highest BCUT2D eigenvalue weighted by Crippen LogP contribution is 2.18. The normalized spacial score (nSPS) is 17.6. The van der Waals surface area contributed by atoms with Crippen LogP contribution in [0.4, 0.5) is 23.7 Å². The lowest BCUT2D eigenvalue weighted by Gasteiger charge is -2.23. The van der Waals surface area contributed by atoms with Gasteiger partial charge in [0.25, 0.3) is 0 Å². The highest BCUT2D eigenvalue weighted by Gasteiger charge is 2.34. The van der Waals surface area contributed by atoms with Crippen molar-refractivity contribution < 1.29 is 27.6 Å². The van der Waals surface area contributed by atoms with Gasteiger partial charge in [0.15, 0.2) is 0 Å². The van der Waals surface area contributed by atoms with Gasteiger partial charge in [0.1, 0.15) is 6.54 Å². The number of para-hydroxylation sites is 1. The van der Waals surface area contributed by atoms with E-state index in [1.807, 2.05) is 5.32 Å². The van der Waals surface area contributed by atoms with Crippen molar-refractivity contribution in [1.82, 2.24) is 15.5 Å². The van der Waals surface area contributed by atoms with Crippen molar-refractivity contribution in [2.24, 2.45) is 0 Å². The predicted octanol–water partition coefficient (Wildman–Crippen LogP) is 1.48. The van der Waals surface area contributed by atoms with E-state index in [1.54, 1.807) is 30.3 Å². The second-order valence-electron chi connectivity index (χ2n) is 5.83. The molecule has 0 aliphatic carbocycles. The van der Waals surface area contributed by atoms with Gasteiger partial charge in [-0.25, -0.2) is 4.79 Å². The van der Waals surface area contributed by atoms with Gasteiger partial charge < -0.3 is 10.6 Å². The molecule has 1 saturated heterocycles. The van der Waals surface area contributed by atoms with Crippen LogP contribution in [0.3, 0.4) is 0 Å². The van der Waals surface area contributed by atoms with Gasteiger partial charge >= 0.3 is 12.2 Å². The molecule has 10 heteroatoms. The number of carbonyl (C=O) groups is 3. The maximum absolute atomic E-state index is 12.2. The lowest BCUT2D eigenvalue weighted by Crippen LogP contribution is -2.49. The molecule has 3 N–H and O–H groups in total. The zero-order valence-electron chi connectivity index (χ0n) is 13.8. The van der Waals surface area contributed by atoms with E-state index in [0.29, 0.717) is 25.1 Å². The fraction of sp³-hybridized carbons (Fsp3) is 0.438. The molecule has 1 fully saturated rings. The first-order valence-corrected chi connectivity index (χ1v) is 7.99. The van der Waals surface area contributed by atoms with Gasteiger partial charge in [-0.3, -0.25) is 19.8 Å². The van der Waals surface area contributed by atoms with Crippen molar-refractivity contribution in [1.29, 1.82) is 0 Å². The van der Waals surface area contributed by atoms with Gasteiger partial charge in [-0.1, -0.05) is 18.2 Å². The van der Waals surface area contributed by atoms with Crippen LogP contribution in [-0.2, 0) is 9.59 Å². The lowest BCUT2D eigenvalue weighted by molar-refractivity contribution is -0.141. The van der Waals surface area contributed by atoms with Gasteiger partial charge in [-0.2, -0.15) is 13.2 Å². The van der Waals surface area contributed by atoms with Gasteiger partial charge in [0, 0.05) is 5.69 Å². The molecule has 7 nitrogen and oxygen atoms in total. The molecule has 1 aliphatic rings. The third-order valence-corrected chi connectivity index (χ3v) is 3.76. The molecule has 2 rings (SSSR count). The Kier molecular flexibility index (Phi) is 6.56. The van der Waals surface area contributed by atoms with Crippen LogP contribution in [-0.4, -0.2) is 54.6 Å². The standard InChI is InChI=1S/C16H19F3N4O3/c17-16(18,19)10-20-14(25)12-7-4-8-23(12)9-13(24)22-15(26)21-11-5-2-1-3-6-11/h1-3,5-6,12H,4,7-10H2,(H,20,25)(H2,21,22,24,26)/t12-/m1/s1. The minimum Gasteiger partial charge on any atom is -0.346 e. The largest absolute Gasteiger partial charge is 0.405 e. The number of alkyl halides is 3. The first-order chi connectivity index (χ1) is 12.2. The van der Waals surface area contributed by atoms with E-state index < -0.39 is 36.6 Å². The van der Waals surface area contributed by atoms with Crippen molar-refractivity contribution >= 4 is 23.5 Å². The second kappa shape index (κ2) is 8.65. The molecule has 26 heavy (non-hydrogen) atoms. The summed E-state index contributed by atoms with van der Waals surface area (Å²) < 4.78 is 36.6. The van der Waals surface area contributed by atoms with Crippen LogP contribution in [0.25, 0.3) is 0 Å². The number of hydrogen-bond donors (Lipinski definition) is 3. The smallest absolute Gasteiger partial charge is 0.346 e. The van der Waals surface area contributed by atoms with Crippen LogP contribution in [0.15, 0.2) is 30.3 Å². The van der Waals surface area contributed by atoms with Crippen LogP contribution in [0.1, 0.15) is 12.8 Å². The maximum atomic E-state index is 12.2. The van der Waals surface area contributed by atoms with Crippen molar-refractivity contribution in [2.75, 3.05) is 25.0 Å². The highest BCUT2D eigenvalue weighted by atomic mass is 19.4. The Hall–Kier alpha value is -2.62. The number of likely N-dealkylation sites (tertiary alicyclic amines) is 1.